The Balaban J connectivity index is 2.26. The van der Waals surface area contributed by atoms with Gasteiger partial charge < -0.3 is 0 Å². The van der Waals surface area contributed by atoms with Gasteiger partial charge in [0.15, 0.2) is 0 Å². The molecule has 0 unspecified atom stereocenters. The Kier molecular flexibility index (Phi) is 2.97. The van der Waals surface area contributed by atoms with E-state index in [-0.39, 0.29) is 0 Å². The van der Waals surface area contributed by atoms with Gasteiger partial charge in [0.25, 0.3) is 0 Å². The van der Waals surface area contributed by atoms with Gasteiger partial charge >= 0.3 is 0 Å². The number of aromatic nitrogens is 2. The topological polar surface area (TPSA) is 41.6 Å². The number of hydrogen-bond acceptors (Lipinski definition) is 3. The molecule has 0 amide bonds. The Morgan fingerprint density at radius 2 is 2.25 bits per heavy atom. The molecule has 0 fully saturated rings. The molecular formula is C12H11N3S. The largest absolute Gasteiger partial charge is 0.275 e. The lowest BCUT2D eigenvalue weighted by molar-refractivity contribution is 0.766. The maximum absolute atomic E-state index is 8.78. The van der Waals surface area contributed by atoms with Crippen LogP contribution in [0.15, 0.2) is 40.4 Å². The summed E-state index contributed by atoms with van der Waals surface area (Å²) in [6, 6.07) is 7.86. The van der Waals surface area contributed by atoms with E-state index in [0.717, 1.165) is 15.4 Å². The summed E-state index contributed by atoms with van der Waals surface area (Å²) in [7, 11) is 1.90. The van der Waals surface area contributed by atoms with E-state index in [1.807, 2.05) is 44.6 Å². The van der Waals surface area contributed by atoms with Crippen molar-refractivity contribution in [2.24, 2.45) is 7.05 Å². The molecule has 3 nitrogen and oxygen atoms in total. The zero-order valence-electron chi connectivity index (χ0n) is 9.14. The molecule has 80 valence electrons. The normalized spacial score (nSPS) is 10.1. The summed E-state index contributed by atoms with van der Waals surface area (Å²) in [6.45, 7) is 2.01. The first-order chi connectivity index (χ1) is 7.69. The molecule has 0 saturated heterocycles. The zero-order chi connectivity index (χ0) is 11.5. The lowest BCUT2D eigenvalue weighted by Gasteiger charge is -2.03. The molecule has 0 aliphatic rings. The zero-order valence-corrected chi connectivity index (χ0v) is 9.95. The van der Waals surface area contributed by atoms with Crippen LogP contribution in [-0.2, 0) is 7.05 Å². The molecule has 0 aliphatic heterocycles. The van der Waals surface area contributed by atoms with E-state index in [1.165, 1.54) is 0 Å². The maximum Gasteiger partial charge on any atom is 0.0991 e. The Bertz CT molecular complexity index is 552. The summed E-state index contributed by atoms with van der Waals surface area (Å²) in [4.78, 5) is 2.27. The van der Waals surface area contributed by atoms with Crippen LogP contribution in [0.3, 0.4) is 0 Å². The fraction of sp³-hybridized carbons (Fsp3) is 0.167. The summed E-state index contributed by atoms with van der Waals surface area (Å²) in [5.41, 5.74) is 1.82. The minimum absolute atomic E-state index is 0.702. The van der Waals surface area contributed by atoms with Crippen LogP contribution >= 0.6 is 11.8 Å². The Morgan fingerprint density at radius 1 is 1.44 bits per heavy atom. The monoisotopic (exact) mass is 229 g/mol. The van der Waals surface area contributed by atoms with E-state index in [2.05, 4.69) is 11.2 Å². The lowest BCUT2D eigenvalue weighted by Crippen LogP contribution is -1.84. The fourth-order valence-corrected chi connectivity index (χ4v) is 2.33. The van der Waals surface area contributed by atoms with E-state index >= 15 is 0 Å². The molecule has 0 atom stereocenters. The van der Waals surface area contributed by atoms with Gasteiger partial charge in [-0.05, 0) is 30.7 Å². The van der Waals surface area contributed by atoms with E-state index in [0.29, 0.717) is 5.56 Å². The van der Waals surface area contributed by atoms with Crippen LogP contribution in [0.25, 0.3) is 0 Å². The van der Waals surface area contributed by atoms with Crippen molar-refractivity contribution in [2.75, 3.05) is 0 Å². The van der Waals surface area contributed by atoms with Crippen molar-refractivity contribution in [3.8, 4) is 6.07 Å². The molecule has 0 radical (unpaired) electrons. The third-order valence-electron chi connectivity index (χ3n) is 2.21. The van der Waals surface area contributed by atoms with Crippen LogP contribution in [0, 0.1) is 18.3 Å². The number of nitrogens with zero attached hydrogens (tertiary/aromatic N) is 3. The summed E-state index contributed by atoms with van der Waals surface area (Å²) in [5, 5.41) is 12.9. The Morgan fingerprint density at radius 3 is 2.81 bits per heavy atom. The SMILES string of the molecule is Cc1cc(C#N)ccc1Sc1cnn(C)c1. The molecule has 16 heavy (non-hydrogen) atoms. The molecule has 0 bridgehead atoms. The number of nitriles is 1. The van der Waals surface area contributed by atoms with Crippen LogP contribution in [0.2, 0.25) is 0 Å². The molecular weight excluding hydrogens is 218 g/mol. The standard InChI is InChI=1S/C12H11N3S/c1-9-5-10(6-13)3-4-12(9)16-11-7-14-15(2)8-11/h3-5,7-8H,1-2H3. The van der Waals surface area contributed by atoms with Crippen molar-refractivity contribution >= 4 is 11.8 Å². The van der Waals surface area contributed by atoms with Crippen LogP contribution in [0.4, 0.5) is 0 Å². The molecule has 1 aromatic carbocycles. The van der Waals surface area contributed by atoms with Gasteiger partial charge in [-0.3, -0.25) is 4.68 Å². The van der Waals surface area contributed by atoms with Crippen LogP contribution < -0.4 is 0 Å². The second kappa shape index (κ2) is 4.42. The lowest BCUT2D eigenvalue weighted by atomic mass is 10.2. The van der Waals surface area contributed by atoms with Gasteiger partial charge in [0.05, 0.1) is 22.7 Å². The second-order valence-electron chi connectivity index (χ2n) is 3.54. The van der Waals surface area contributed by atoms with Gasteiger partial charge in [-0.15, -0.1) is 0 Å². The number of hydrogen-bond donors (Lipinski definition) is 0. The number of benzene rings is 1. The quantitative estimate of drug-likeness (QED) is 0.795. The maximum atomic E-state index is 8.78. The Labute approximate surface area is 98.7 Å². The highest BCUT2D eigenvalue weighted by atomic mass is 32.2. The van der Waals surface area contributed by atoms with Crippen molar-refractivity contribution in [1.82, 2.24) is 9.78 Å². The van der Waals surface area contributed by atoms with Crippen molar-refractivity contribution in [3.05, 3.63) is 41.7 Å². The van der Waals surface area contributed by atoms with Gasteiger partial charge in [-0.25, -0.2) is 0 Å². The highest BCUT2D eigenvalue weighted by Crippen LogP contribution is 2.30. The van der Waals surface area contributed by atoms with E-state index in [4.69, 9.17) is 5.26 Å². The summed E-state index contributed by atoms with van der Waals surface area (Å²) >= 11 is 1.66. The molecule has 0 saturated carbocycles. The van der Waals surface area contributed by atoms with E-state index in [1.54, 1.807) is 16.4 Å². The molecule has 0 spiro atoms. The summed E-state index contributed by atoms with van der Waals surface area (Å²) in [5.74, 6) is 0. The number of rotatable bonds is 2. The van der Waals surface area contributed by atoms with Crippen molar-refractivity contribution in [3.63, 3.8) is 0 Å². The van der Waals surface area contributed by atoms with Gasteiger partial charge in [-0.1, -0.05) is 11.8 Å². The molecule has 0 N–H and O–H groups in total. The minimum Gasteiger partial charge on any atom is -0.275 e. The van der Waals surface area contributed by atoms with Crippen LogP contribution in [-0.4, -0.2) is 9.78 Å². The second-order valence-corrected chi connectivity index (χ2v) is 4.66. The first kappa shape index (κ1) is 10.8. The first-order valence-corrected chi connectivity index (χ1v) is 5.68. The molecule has 4 heteroatoms. The van der Waals surface area contributed by atoms with Gasteiger partial charge in [0, 0.05) is 18.1 Å². The van der Waals surface area contributed by atoms with Gasteiger partial charge in [0.1, 0.15) is 0 Å². The third kappa shape index (κ3) is 2.26. The average Bonchev–Trinajstić information content (AvgIpc) is 2.67. The van der Waals surface area contributed by atoms with E-state index in [9.17, 15) is 0 Å². The van der Waals surface area contributed by atoms with Gasteiger partial charge in [0.2, 0.25) is 0 Å². The molecule has 1 aromatic heterocycles. The average molecular weight is 229 g/mol. The van der Waals surface area contributed by atoms with Crippen molar-refractivity contribution in [1.29, 1.82) is 5.26 Å². The number of aryl methyl sites for hydroxylation is 2. The van der Waals surface area contributed by atoms with Crippen LogP contribution in [0.1, 0.15) is 11.1 Å². The predicted molar refractivity (Wildman–Crippen MR) is 63.2 cm³/mol. The summed E-state index contributed by atoms with van der Waals surface area (Å²) < 4.78 is 1.78. The van der Waals surface area contributed by atoms with Crippen molar-refractivity contribution in [2.45, 2.75) is 16.7 Å². The third-order valence-corrected chi connectivity index (χ3v) is 3.34. The molecule has 0 aliphatic carbocycles. The van der Waals surface area contributed by atoms with Crippen LogP contribution in [0.5, 0.6) is 0 Å². The molecule has 1 heterocycles. The fourth-order valence-electron chi connectivity index (χ4n) is 1.41. The highest BCUT2D eigenvalue weighted by molar-refractivity contribution is 7.99. The highest BCUT2D eigenvalue weighted by Gasteiger charge is 2.03. The first-order valence-electron chi connectivity index (χ1n) is 4.86. The minimum atomic E-state index is 0.702. The Hall–Kier alpha value is -1.73. The van der Waals surface area contributed by atoms with Crippen molar-refractivity contribution < 1.29 is 0 Å². The molecule has 2 aromatic rings. The predicted octanol–water partition coefficient (Wildman–Crippen LogP) is 2.75. The summed E-state index contributed by atoms with van der Waals surface area (Å²) in [6.07, 6.45) is 3.81. The van der Waals surface area contributed by atoms with Gasteiger partial charge in [-0.2, -0.15) is 10.4 Å². The smallest absolute Gasteiger partial charge is 0.0991 e. The molecule has 2 rings (SSSR count). The van der Waals surface area contributed by atoms with E-state index < -0.39 is 0 Å².